The van der Waals surface area contributed by atoms with E-state index in [-0.39, 0.29) is 11.8 Å². The highest BCUT2D eigenvalue weighted by Crippen LogP contribution is 2.44. The summed E-state index contributed by atoms with van der Waals surface area (Å²) < 4.78 is 68.7. The molecule has 1 radical (unpaired) electrons. The maximum Gasteiger partial charge on any atom is 0.458 e. The molecular weight excluding hydrogens is 309 g/mol. The summed E-state index contributed by atoms with van der Waals surface area (Å²) in [5, 5.41) is 0. The average molecular weight is 322 g/mol. The minimum Gasteiger partial charge on any atom is -0.454 e. The number of hydrogen-bond acceptors (Lipinski definition) is 3. The van der Waals surface area contributed by atoms with Crippen LogP contribution in [0.1, 0.15) is 18.4 Å². The Morgan fingerprint density at radius 1 is 1.14 bits per heavy atom. The van der Waals surface area contributed by atoms with Gasteiger partial charge in [-0.2, -0.15) is 22.0 Å². The van der Waals surface area contributed by atoms with Crippen molar-refractivity contribution in [1.82, 2.24) is 0 Å². The number of piperidine rings is 1. The minimum absolute atomic E-state index is 0.287. The van der Waals surface area contributed by atoms with E-state index in [1.165, 1.54) is 18.6 Å². The molecule has 1 saturated heterocycles. The van der Waals surface area contributed by atoms with Crippen LogP contribution in [0.3, 0.4) is 0 Å². The Bertz CT molecular complexity index is 524. The van der Waals surface area contributed by atoms with Crippen molar-refractivity contribution in [3.8, 4) is 0 Å². The molecule has 0 atom stereocenters. The molecule has 3 nitrogen and oxygen atoms in total. The minimum atomic E-state index is -5.63. The smallest absolute Gasteiger partial charge is 0.454 e. The first-order chi connectivity index (χ1) is 10.3. The number of carbonyl (C=O) groups excluding carboxylic acids is 1. The molecule has 0 N–H and O–H groups in total. The highest BCUT2D eigenvalue weighted by atomic mass is 19.4. The number of benzene rings is 1. The highest BCUT2D eigenvalue weighted by molar-refractivity contribution is 5.50. The summed E-state index contributed by atoms with van der Waals surface area (Å²) in [5.41, 5.74) is -0.799. The van der Waals surface area contributed by atoms with Crippen molar-refractivity contribution in [2.75, 3.05) is 18.0 Å². The lowest BCUT2D eigenvalue weighted by molar-refractivity contribution is -0.289. The van der Waals surface area contributed by atoms with E-state index in [1.54, 1.807) is 4.90 Å². The molecule has 0 amide bonds. The van der Waals surface area contributed by atoms with E-state index in [0.29, 0.717) is 25.9 Å². The molecule has 1 aliphatic rings. The lowest BCUT2D eigenvalue weighted by Gasteiger charge is -2.33. The van der Waals surface area contributed by atoms with Gasteiger partial charge in [-0.1, -0.05) is 12.1 Å². The van der Waals surface area contributed by atoms with Crippen LogP contribution in [-0.4, -0.2) is 31.8 Å². The van der Waals surface area contributed by atoms with Gasteiger partial charge in [0.2, 0.25) is 0 Å². The third-order valence-corrected chi connectivity index (χ3v) is 3.59. The number of hydrogen-bond donors (Lipinski definition) is 0. The predicted octanol–water partition coefficient (Wildman–Crippen LogP) is 3.39. The third kappa shape index (κ3) is 3.31. The van der Waals surface area contributed by atoms with E-state index in [0.717, 1.165) is 12.1 Å². The Balaban J connectivity index is 2.15. The van der Waals surface area contributed by atoms with Gasteiger partial charge in [0.25, 0.3) is 0 Å². The van der Waals surface area contributed by atoms with Crippen LogP contribution >= 0.6 is 0 Å². The number of halogens is 5. The molecule has 1 aliphatic heterocycles. The van der Waals surface area contributed by atoms with Crippen molar-refractivity contribution in [3.05, 3.63) is 29.8 Å². The highest BCUT2D eigenvalue weighted by Gasteiger charge is 2.58. The average Bonchev–Trinajstić information content (AvgIpc) is 2.47. The van der Waals surface area contributed by atoms with Crippen molar-refractivity contribution in [3.63, 3.8) is 0 Å². The van der Waals surface area contributed by atoms with Gasteiger partial charge in [0.1, 0.15) is 6.10 Å². The van der Waals surface area contributed by atoms with Gasteiger partial charge in [-0.3, -0.25) is 0 Å². The van der Waals surface area contributed by atoms with Gasteiger partial charge in [0, 0.05) is 37.2 Å². The zero-order valence-corrected chi connectivity index (χ0v) is 11.4. The van der Waals surface area contributed by atoms with E-state index < -0.39 is 17.7 Å². The van der Waals surface area contributed by atoms with Crippen molar-refractivity contribution in [1.29, 1.82) is 0 Å². The topological polar surface area (TPSA) is 29.5 Å². The largest absolute Gasteiger partial charge is 0.458 e. The Hall–Kier alpha value is -1.86. The van der Waals surface area contributed by atoms with Crippen molar-refractivity contribution in [2.45, 2.75) is 31.0 Å². The molecule has 121 valence electrons. The second-order valence-corrected chi connectivity index (χ2v) is 5.01. The molecule has 1 heterocycles. The number of ether oxygens (including phenoxy) is 1. The van der Waals surface area contributed by atoms with Gasteiger partial charge in [-0.05, 0) is 12.1 Å². The van der Waals surface area contributed by atoms with Crippen LogP contribution < -0.4 is 4.90 Å². The quantitative estimate of drug-likeness (QED) is 0.796. The van der Waals surface area contributed by atoms with Crippen LogP contribution in [0.2, 0.25) is 0 Å². The predicted molar refractivity (Wildman–Crippen MR) is 68.4 cm³/mol. The van der Waals surface area contributed by atoms with E-state index in [4.69, 9.17) is 0 Å². The molecule has 0 spiro atoms. The summed E-state index contributed by atoms with van der Waals surface area (Å²) in [4.78, 5) is 11.8. The lowest BCUT2D eigenvalue weighted by atomic mass is 10.0. The maximum absolute atomic E-state index is 13.4. The van der Waals surface area contributed by atoms with Crippen LogP contribution in [-0.2, 0) is 15.5 Å². The van der Waals surface area contributed by atoms with Gasteiger partial charge < -0.3 is 9.64 Å². The van der Waals surface area contributed by atoms with E-state index in [1.807, 2.05) is 0 Å². The summed E-state index contributed by atoms with van der Waals surface area (Å²) in [6.45, 7) is 2.14. The third-order valence-electron chi connectivity index (χ3n) is 3.59. The second-order valence-electron chi connectivity index (χ2n) is 5.01. The molecule has 0 aliphatic carbocycles. The fourth-order valence-corrected chi connectivity index (χ4v) is 2.36. The monoisotopic (exact) mass is 322 g/mol. The van der Waals surface area contributed by atoms with Crippen molar-refractivity contribution in [2.24, 2.45) is 0 Å². The first-order valence-electron chi connectivity index (χ1n) is 6.58. The van der Waals surface area contributed by atoms with Gasteiger partial charge in [0.05, 0.1) is 0 Å². The number of rotatable bonds is 4. The van der Waals surface area contributed by atoms with Crippen LogP contribution in [0.15, 0.2) is 24.3 Å². The Morgan fingerprint density at radius 2 is 1.77 bits per heavy atom. The zero-order valence-electron chi connectivity index (χ0n) is 11.4. The molecule has 0 aromatic heterocycles. The zero-order chi connectivity index (χ0) is 16.4. The van der Waals surface area contributed by atoms with Gasteiger partial charge in [0.15, 0.2) is 0 Å². The molecular formula is C14H13F5NO2. The normalized spacial score (nSPS) is 17.4. The first-order valence-corrected chi connectivity index (χ1v) is 6.58. The molecule has 1 aromatic rings. The number of anilines is 1. The lowest BCUT2D eigenvalue weighted by Crippen LogP contribution is -2.37. The Kier molecular flexibility index (Phi) is 4.58. The Labute approximate surface area is 123 Å². The standard InChI is InChI=1S/C14H13F5NO2/c15-13(16,14(17,18)19)10-2-1-3-11(8-10)20-6-4-12(5-7-20)22-9-21/h1-3,8,12H,4-7H2. The van der Waals surface area contributed by atoms with Crippen LogP contribution in [0, 0.1) is 0 Å². The summed E-state index contributed by atoms with van der Waals surface area (Å²) in [5.74, 6) is -4.89. The molecule has 8 heteroatoms. The van der Waals surface area contributed by atoms with E-state index in [9.17, 15) is 26.7 Å². The number of nitrogens with zero attached hydrogens (tertiary/aromatic N) is 1. The molecule has 1 fully saturated rings. The van der Waals surface area contributed by atoms with Crippen LogP contribution in [0.25, 0.3) is 0 Å². The van der Waals surface area contributed by atoms with Gasteiger partial charge >= 0.3 is 18.6 Å². The van der Waals surface area contributed by atoms with Gasteiger partial charge in [-0.25, -0.2) is 4.79 Å². The summed E-state index contributed by atoms with van der Waals surface area (Å²) >= 11 is 0. The van der Waals surface area contributed by atoms with Crippen molar-refractivity contribution < 1.29 is 31.5 Å². The van der Waals surface area contributed by atoms with Gasteiger partial charge in [-0.15, -0.1) is 0 Å². The van der Waals surface area contributed by atoms with Crippen LogP contribution in [0.5, 0.6) is 0 Å². The molecule has 22 heavy (non-hydrogen) atoms. The summed E-state index contributed by atoms with van der Waals surface area (Å²) in [6, 6.07) is 4.25. The van der Waals surface area contributed by atoms with E-state index in [2.05, 4.69) is 4.74 Å². The fourth-order valence-electron chi connectivity index (χ4n) is 2.36. The number of alkyl halides is 5. The van der Waals surface area contributed by atoms with Crippen molar-refractivity contribution >= 4 is 12.2 Å². The summed E-state index contributed by atoms with van der Waals surface area (Å²) in [7, 11) is 0. The maximum atomic E-state index is 13.4. The molecule has 1 aromatic carbocycles. The molecule has 2 rings (SSSR count). The first kappa shape index (κ1) is 16.5. The Morgan fingerprint density at radius 3 is 2.32 bits per heavy atom. The van der Waals surface area contributed by atoms with Crippen LogP contribution in [0.4, 0.5) is 27.6 Å². The molecule has 0 bridgehead atoms. The SMILES string of the molecule is O=[C]OC1CCN(c2cccc(C(F)(F)C(F)(F)F)c2)CC1. The summed E-state index contributed by atoms with van der Waals surface area (Å²) in [6.07, 6.45) is -5.00. The van der Waals surface area contributed by atoms with E-state index >= 15 is 0 Å². The molecule has 0 unspecified atom stereocenters. The molecule has 0 saturated carbocycles. The fraction of sp³-hybridized carbons (Fsp3) is 0.500. The second kappa shape index (κ2) is 6.10.